The molecular formula is C10H7BrN2O3. The number of hydrogen-bond acceptors (Lipinski definition) is 3. The molecule has 0 atom stereocenters. The Labute approximate surface area is 98.5 Å². The molecule has 1 aromatic carbocycles. The molecular weight excluding hydrogens is 276 g/mol. The van der Waals surface area contributed by atoms with Crippen LogP contribution in [0.15, 0.2) is 27.5 Å². The van der Waals surface area contributed by atoms with Crippen LogP contribution in [0.3, 0.4) is 0 Å². The monoisotopic (exact) mass is 282 g/mol. The number of halogens is 1. The second kappa shape index (κ2) is 3.71. The van der Waals surface area contributed by atoms with Gasteiger partial charge in [-0.25, -0.2) is 9.78 Å². The van der Waals surface area contributed by atoms with Crippen LogP contribution in [0.1, 0.15) is 10.6 Å². The maximum atomic E-state index is 11.8. The third-order valence-corrected chi connectivity index (χ3v) is 2.89. The number of rotatable bonds is 1. The van der Waals surface area contributed by atoms with E-state index in [4.69, 9.17) is 5.11 Å². The molecule has 0 radical (unpaired) electrons. The van der Waals surface area contributed by atoms with Gasteiger partial charge in [0.05, 0.1) is 10.9 Å². The third-order valence-electron chi connectivity index (χ3n) is 2.25. The van der Waals surface area contributed by atoms with Gasteiger partial charge in [0.1, 0.15) is 0 Å². The van der Waals surface area contributed by atoms with Crippen molar-refractivity contribution in [1.82, 2.24) is 9.55 Å². The van der Waals surface area contributed by atoms with Crippen molar-refractivity contribution < 1.29 is 9.90 Å². The summed E-state index contributed by atoms with van der Waals surface area (Å²) >= 11 is 3.24. The summed E-state index contributed by atoms with van der Waals surface area (Å²) in [6.07, 6.45) is 0. The highest BCUT2D eigenvalue weighted by molar-refractivity contribution is 9.10. The smallest absolute Gasteiger partial charge is 0.372 e. The van der Waals surface area contributed by atoms with Crippen molar-refractivity contribution in [3.05, 3.63) is 38.9 Å². The lowest BCUT2D eigenvalue weighted by molar-refractivity contribution is 0.0678. The SMILES string of the molecule is Cn1c(C(=O)O)nc2c(Br)cccc2c1=O. The minimum absolute atomic E-state index is 0.274. The van der Waals surface area contributed by atoms with Crippen molar-refractivity contribution in [2.75, 3.05) is 0 Å². The van der Waals surface area contributed by atoms with Gasteiger partial charge in [0.2, 0.25) is 5.82 Å². The predicted molar refractivity (Wildman–Crippen MR) is 61.6 cm³/mol. The minimum Gasteiger partial charge on any atom is -0.475 e. The Bertz CT molecular complexity index is 648. The van der Waals surface area contributed by atoms with Crippen LogP contribution < -0.4 is 5.56 Å². The summed E-state index contributed by atoms with van der Waals surface area (Å²) in [5.74, 6) is -1.50. The topological polar surface area (TPSA) is 72.2 Å². The van der Waals surface area contributed by atoms with Crippen LogP contribution in [0, 0.1) is 0 Å². The van der Waals surface area contributed by atoms with Gasteiger partial charge in [0.25, 0.3) is 5.56 Å². The molecule has 0 aliphatic rings. The second-order valence-corrected chi connectivity index (χ2v) is 4.10. The number of fused-ring (bicyclic) bond motifs is 1. The van der Waals surface area contributed by atoms with E-state index in [9.17, 15) is 9.59 Å². The summed E-state index contributed by atoms with van der Waals surface area (Å²) in [7, 11) is 1.39. The molecule has 16 heavy (non-hydrogen) atoms. The van der Waals surface area contributed by atoms with Crippen molar-refractivity contribution >= 4 is 32.8 Å². The van der Waals surface area contributed by atoms with E-state index in [0.29, 0.717) is 15.4 Å². The predicted octanol–water partition coefficient (Wildman–Crippen LogP) is 1.39. The molecule has 1 heterocycles. The number of carbonyl (C=O) groups is 1. The fourth-order valence-corrected chi connectivity index (χ4v) is 1.91. The Kier molecular flexibility index (Phi) is 2.51. The first-order chi connectivity index (χ1) is 7.52. The van der Waals surface area contributed by atoms with Crippen molar-refractivity contribution in [1.29, 1.82) is 0 Å². The molecule has 2 rings (SSSR count). The summed E-state index contributed by atoms with van der Waals surface area (Å²) in [6.45, 7) is 0. The number of para-hydroxylation sites is 1. The zero-order valence-corrected chi connectivity index (χ0v) is 9.85. The number of hydrogen-bond donors (Lipinski definition) is 1. The Morgan fingerprint density at radius 2 is 2.19 bits per heavy atom. The molecule has 1 N–H and O–H groups in total. The molecule has 0 spiro atoms. The quantitative estimate of drug-likeness (QED) is 0.858. The van der Waals surface area contributed by atoms with Crippen LogP contribution in [-0.4, -0.2) is 20.6 Å². The lowest BCUT2D eigenvalue weighted by atomic mass is 10.2. The van der Waals surface area contributed by atoms with E-state index < -0.39 is 5.97 Å². The van der Waals surface area contributed by atoms with Gasteiger partial charge in [-0.1, -0.05) is 6.07 Å². The van der Waals surface area contributed by atoms with Crippen LogP contribution in [0.5, 0.6) is 0 Å². The maximum absolute atomic E-state index is 11.8. The standard InChI is InChI=1S/C10H7BrN2O3/c1-13-8(10(15)16)12-7-5(9(13)14)3-2-4-6(7)11/h2-4H,1H3,(H,15,16). The molecule has 0 aliphatic heterocycles. The van der Waals surface area contributed by atoms with Gasteiger partial charge in [0.15, 0.2) is 0 Å². The highest BCUT2D eigenvalue weighted by Gasteiger charge is 2.14. The van der Waals surface area contributed by atoms with Gasteiger partial charge in [-0.2, -0.15) is 0 Å². The second-order valence-electron chi connectivity index (χ2n) is 3.24. The first-order valence-electron chi connectivity index (χ1n) is 4.41. The van der Waals surface area contributed by atoms with E-state index in [-0.39, 0.29) is 11.4 Å². The molecule has 0 fully saturated rings. The van der Waals surface area contributed by atoms with E-state index in [0.717, 1.165) is 4.57 Å². The van der Waals surface area contributed by atoms with E-state index in [1.54, 1.807) is 18.2 Å². The lowest BCUT2D eigenvalue weighted by Gasteiger charge is -2.05. The van der Waals surface area contributed by atoms with Crippen molar-refractivity contribution in [2.24, 2.45) is 7.05 Å². The summed E-state index contributed by atoms with van der Waals surface area (Å²) < 4.78 is 1.63. The first kappa shape index (κ1) is 10.8. The van der Waals surface area contributed by atoms with Gasteiger partial charge in [0, 0.05) is 11.5 Å². The van der Waals surface area contributed by atoms with Gasteiger partial charge in [-0.3, -0.25) is 9.36 Å². The van der Waals surface area contributed by atoms with Gasteiger partial charge >= 0.3 is 5.97 Å². The Morgan fingerprint density at radius 1 is 1.50 bits per heavy atom. The zero-order chi connectivity index (χ0) is 11.9. The number of aromatic carboxylic acids is 1. The highest BCUT2D eigenvalue weighted by atomic mass is 79.9. The molecule has 0 aliphatic carbocycles. The molecule has 6 heteroatoms. The molecule has 1 aromatic heterocycles. The van der Waals surface area contributed by atoms with Crippen LogP contribution in [0.4, 0.5) is 0 Å². The summed E-state index contributed by atoms with van der Waals surface area (Å²) in [5.41, 5.74) is -0.00769. The minimum atomic E-state index is -1.22. The maximum Gasteiger partial charge on any atom is 0.372 e. The molecule has 5 nitrogen and oxygen atoms in total. The zero-order valence-electron chi connectivity index (χ0n) is 8.27. The lowest BCUT2D eigenvalue weighted by Crippen LogP contribution is -2.25. The third kappa shape index (κ3) is 1.51. The number of benzene rings is 1. The largest absolute Gasteiger partial charge is 0.475 e. The van der Waals surface area contributed by atoms with E-state index in [2.05, 4.69) is 20.9 Å². The molecule has 0 amide bonds. The Balaban J connectivity index is 3.01. The molecule has 2 aromatic rings. The normalized spacial score (nSPS) is 10.6. The highest BCUT2D eigenvalue weighted by Crippen LogP contribution is 2.19. The summed E-state index contributed by atoms with van der Waals surface area (Å²) in [4.78, 5) is 26.7. The fourth-order valence-electron chi connectivity index (χ4n) is 1.45. The number of aromatic nitrogens is 2. The molecule has 0 bridgehead atoms. The number of nitrogens with zero attached hydrogens (tertiary/aromatic N) is 2. The van der Waals surface area contributed by atoms with E-state index >= 15 is 0 Å². The fraction of sp³-hybridized carbons (Fsp3) is 0.100. The molecule has 0 saturated heterocycles. The van der Waals surface area contributed by atoms with Crippen LogP contribution in [-0.2, 0) is 7.05 Å². The Hall–Kier alpha value is -1.69. The van der Waals surface area contributed by atoms with Gasteiger partial charge < -0.3 is 5.11 Å². The molecule has 82 valence electrons. The van der Waals surface area contributed by atoms with E-state index in [1.165, 1.54) is 7.05 Å². The molecule has 0 unspecified atom stereocenters. The van der Waals surface area contributed by atoms with E-state index in [1.807, 2.05) is 0 Å². The Morgan fingerprint density at radius 3 is 2.81 bits per heavy atom. The number of carboxylic acid groups (broad SMARTS) is 1. The average molecular weight is 283 g/mol. The van der Waals surface area contributed by atoms with Crippen molar-refractivity contribution in [3.8, 4) is 0 Å². The van der Waals surface area contributed by atoms with Gasteiger partial charge in [-0.15, -0.1) is 0 Å². The average Bonchev–Trinajstić information content (AvgIpc) is 2.23. The summed E-state index contributed by atoms with van der Waals surface area (Å²) in [5, 5.41) is 9.29. The van der Waals surface area contributed by atoms with Crippen LogP contribution in [0.25, 0.3) is 10.9 Å². The van der Waals surface area contributed by atoms with Crippen molar-refractivity contribution in [2.45, 2.75) is 0 Å². The van der Waals surface area contributed by atoms with Crippen LogP contribution >= 0.6 is 15.9 Å². The molecule has 0 saturated carbocycles. The summed E-state index contributed by atoms with van der Waals surface area (Å²) in [6, 6.07) is 5.03. The first-order valence-corrected chi connectivity index (χ1v) is 5.20. The van der Waals surface area contributed by atoms with Crippen LogP contribution in [0.2, 0.25) is 0 Å². The van der Waals surface area contributed by atoms with Crippen molar-refractivity contribution in [3.63, 3.8) is 0 Å². The number of carboxylic acids is 1. The van der Waals surface area contributed by atoms with Gasteiger partial charge in [-0.05, 0) is 28.1 Å².